The van der Waals surface area contributed by atoms with E-state index in [9.17, 15) is 22.8 Å². The van der Waals surface area contributed by atoms with Gasteiger partial charge in [0.25, 0.3) is 11.8 Å². The van der Waals surface area contributed by atoms with Gasteiger partial charge in [-0.25, -0.2) is 13.2 Å². The number of amides is 2. The summed E-state index contributed by atoms with van der Waals surface area (Å²) in [5.74, 6) is -4.99. The SMILES string of the molecule is O=C(c1ccc(F)c(Cl)c1)N1CC(F)(F)C[C@]2(CCNC2=O)C1. The van der Waals surface area contributed by atoms with Crippen molar-refractivity contribution in [2.75, 3.05) is 19.6 Å². The Kier molecular flexibility index (Phi) is 3.78. The molecule has 1 aromatic carbocycles. The topological polar surface area (TPSA) is 49.4 Å². The fraction of sp³-hybridized carbons (Fsp3) is 0.467. The zero-order valence-corrected chi connectivity index (χ0v) is 12.8. The summed E-state index contributed by atoms with van der Waals surface area (Å²) in [6.07, 6.45) is -0.310. The van der Waals surface area contributed by atoms with Gasteiger partial charge in [-0.3, -0.25) is 9.59 Å². The summed E-state index contributed by atoms with van der Waals surface area (Å²) in [5.41, 5.74) is -1.25. The van der Waals surface area contributed by atoms with Crippen LogP contribution >= 0.6 is 11.6 Å². The number of benzene rings is 1. The van der Waals surface area contributed by atoms with Gasteiger partial charge in [-0.15, -0.1) is 0 Å². The molecule has 1 N–H and O–H groups in total. The number of piperidine rings is 1. The van der Waals surface area contributed by atoms with Gasteiger partial charge >= 0.3 is 0 Å². The zero-order valence-electron chi connectivity index (χ0n) is 12.0. The van der Waals surface area contributed by atoms with E-state index in [0.29, 0.717) is 6.54 Å². The normalized spacial score (nSPS) is 26.4. The van der Waals surface area contributed by atoms with Crippen LogP contribution in [0.25, 0.3) is 0 Å². The van der Waals surface area contributed by atoms with Crippen LogP contribution in [0, 0.1) is 11.2 Å². The lowest BCUT2D eigenvalue weighted by Gasteiger charge is -2.42. The number of carbonyl (C=O) groups excluding carboxylic acids is 2. The van der Waals surface area contributed by atoms with Crippen LogP contribution in [0.15, 0.2) is 18.2 Å². The molecule has 2 fully saturated rings. The number of likely N-dealkylation sites (tertiary alicyclic amines) is 1. The van der Waals surface area contributed by atoms with Crippen molar-refractivity contribution in [3.05, 3.63) is 34.6 Å². The summed E-state index contributed by atoms with van der Waals surface area (Å²) in [6, 6.07) is 3.31. The molecule has 1 atom stereocenters. The van der Waals surface area contributed by atoms with Crippen molar-refractivity contribution in [1.29, 1.82) is 0 Å². The lowest BCUT2D eigenvalue weighted by Crippen LogP contribution is -2.56. The van der Waals surface area contributed by atoms with Gasteiger partial charge in [0.15, 0.2) is 0 Å². The molecule has 1 spiro atoms. The van der Waals surface area contributed by atoms with E-state index in [1.165, 1.54) is 6.07 Å². The molecule has 0 saturated carbocycles. The minimum Gasteiger partial charge on any atom is -0.356 e. The van der Waals surface area contributed by atoms with Gasteiger partial charge in [0.2, 0.25) is 5.91 Å². The van der Waals surface area contributed by atoms with E-state index >= 15 is 0 Å². The van der Waals surface area contributed by atoms with Crippen molar-refractivity contribution >= 4 is 23.4 Å². The molecule has 0 aliphatic carbocycles. The number of carbonyl (C=O) groups is 2. The molecule has 124 valence electrons. The van der Waals surface area contributed by atoms with Gasteiger partial charge < -0.3 is 10.2 Å². The standard InChI is InChI=1S/C15H14ClF3N2O2/c16-10-5-9(1-2-11(10)17)12(22)21-7-14(3-4-20-13(14)23)6-15(18,19)8-21/h1-2,5H,3-4,6-8H2,(H,20,23)/t14-/m1/s1. The Balaban J connectivity index is 1.90. The van der Waals surface area contributed by atoms with Gasteiger partial charge in [0, 0.05) is 25.1 Å². The van der Waals surface area contributed by atoms with E-state index in [0.717, 1.165) is 17.0 Å². The first kappa shape index (κ1) is 16.1. The third-order valence-electron chi connectivity index (χ3n) is 4.34. The molecule has 2 heterocycles. The highest BCUT2D eigenvalue weighted by Gasteiger charge is 2.55. The fourth-order valence-electron chi connectivity index (χ4n) is 3.30. The van der Waals surface area contributed by atoms with Crippen molar-refractivity contribution < 1.29 is 22.8 Å². The molecule has 0 aromatic heterocycles. The first-order valence-corrected chi connectivity index (χ1v) is 7.51. The Morgan fingerprint density at radius 2 is 2.04 bits per heavy atom. The summed E-state index contributed by atoms with van der Waals surface area (Å²) in [4.78, 5) is 25.4. The molecule has 2 amide bonds. The Labute approximate surface area is 135 Å². The Morgan fingerprint density at radius 1 is 1.30 bits per heavy atom. The number of alkyl halides is 2. The molecule has 3 rings (SSSR count). The van der Waals surface area contributed by atoms with Crippen LogP contribution in [-0.4, -0.2) is 42.3 Å². The van der Waals surface area contributed by atoms with Gasteiger partial charge in [-0.05, 0) is 24.6 Å². The average molecular weight is 347 g/mol. The van der Waals surface area contributed by atoms with Gasteiger partial charge in [-0.2, -0.15) is 0 Å². The zero-order chi connectivity index (χ0) is 16.8. The van der Waals surface area contributed by atoms with Gasteiger partial charge in [-0.1, -0.05) is 11.6 Å². The van der Waals surface area contributed by atoms with Crippen LogP contribution in [-0.2, 0) is 4.79 Å². The van der Waals surface area contributed by atoms with Crippen molar-refractivity contribution in [2.45, 2.75) is 18.8 Å². The Bertz CT molecular complexity index is 683. The molecule has 0 unspecified atom stereocenters. The van der Waals surface area contributed by atoms with Crippen LogP contribution in [0.3, 0.4) is 0 Å². The average Bonchev–Trinajstić information content (AvgIpc) is 2.79. The molecule has 8 heteroatoms. The number of halogens is 4. The summed E-state index contributed by atoms with van der Waals surface area (Å²) in [5, 5.41) is 2.30. The summed E-state index contributed by atoms with van der Waals surface area (Å²) < 4.78 is 41.4. The van der Waals surface area contributed by atoms with Crippen LogP contribution in [0.4, 0.5) is 13.2 Å². The molecule has 2 aliphatic heterocycles. The molecular formula is C15H14ClF3N2O2. The van der Waals surface area contributed by atoms with E-state index in [4.69, 9.17) is 11.6 Å². The Hall–Kier alpha value is -1.76. The lowest BCUT2D eigenvalue weighted by atomic mass is 9.77. The summed E-state index contributed by atoms with van der Waals surface area (Å²) in [7, 11) is 0. The second-order valence-corrected chi connectivity index (χ2v) is 6.52. The van der Waals surface area contributed by atoms with Crippen molar-refractivity contribution in [3.8, 4) is 0 Å². The predicted octanol–water partition coefficient (Wildman–Crippen LogP) is 2.47. The maximum absolute atomic E-state index is 14.1. The van der Waals surface area contributed by atoms with Crippen molar-refractivity contribution in [1.82, 2.24) is 10.2 Å². The van der Waals surface area contributed by atoms with Crippen molar-refractivity contribution in [2.24, 2.45) is 5.41 Å². The van der Waals surface area contributed by atoms with E-state index in [1.807, 2.05) is 0 Å². The van der Waals surface area contributed by atoms with E-state index < -0.39 is 41.9 Å². The van der Waals surface area contributed by atoms with Gasteiger partial charge in [0.05, 0.1) is 17.0 Å². The number of hydrogen-bond donors (Lipinski definition) is 1. The number of hydrogen-bond acceptors (Lipinski definition) is 2. The van der Waals surface area contributed by atoms with Crippen LogP contribution in [0.2, 0.25) is 5.02 Å². The molecule has 2 aliphatic rings. The summed E-state index contributed by atoms with van der Waals surface area (Å²) in [6.45, 7) is -0.530. The van der Waals surface area contributed by atoms with Crippen LogP contribution in [0.5, 0.6) is 0 Å². The first-order valence-electron chi connectivity index (χ1n) is 7.13. The molecule has 23 heavy (non-hydrogen) atoms. The molecule has 0 bridgehead atoms. The predicted molar refractivity (Wildman–Crippen MR) is 76.9 cm³/mol. The summed E-state index contributed by atoms with van der Waals surface area (Å²) >= 11 is 5.64. The fourth-order valence-corrected chi connectivity index (χ4v) is 3.48. The highest BCUT2D eigenvalue weighted by atomic mass is 35.5. The van der Waals surface area contributed by atoms with E-state index in [2.05, 4.69) is 5.32 Å². The molecule has 4 nitrogen and oxygen atoms in total. The Morgan fingerprint density at radius 3 is 2.65 bits per heavy atom. The van der Waals surface area contributed by atoms with Gasteiger partial charge in [0.1, 0.15) is 5.82 Å². The molecule has 2 saturated heterocycles. The van der Waals surface area contributed by atoms with Crippen LogP contribution < -0.4 is 5.32 Å². The molecule has 1 aromatic rings. The van der Waals surface area contributed by atoms with Crippen molar-refractivity contribution in [3.63, 3.8) is 0 Å². The van der Waals surface area contributed by atoms with E-state index in [1.54, 1.807) is 0 Å². The first-order chi connectivity index (χ1) is 10.7. The number of rotatable bonds is 1. The third kappa shape index (κ3) is 2.89. The minimum absolute atomic E-state index is 0.0163. The molecule has 0 radical (unpaired) electrons. The quantitative estimate of drug-likeness (QED) is 0.849. The highest BCUT2D eigenvalue weighted by molar-refractivity contribution is 6.31. The number of nitrogens with zero attached hydrogens (tertiary/aromatic N) is 1. The van der Waals surface area contributed by atoms with E-state index in [-0.39, 0.29) is 23.6 Å². The number of nitrogens with one attached hydrogen (secondary N) is 1. The second kappa shape index (κ2) is 5.40. The van der Waals surface area contributed by atoms with Crippen LogP contribution in [0.1, 0.15) is 23.2 Å². The monoisotopic (exact) mass is 346 g/mol. The lowest BCUT2D eigenvalue weighted by molar-refractivity contribution is -0.144. The largest absolute Gasteiger partial charge is 0.356 e. The maximum atomic E-state index is 14.1. The maximum Gasteiger partial charge on any atom is 0.266 e. The minimum atomic E-state index is -3.15. The smallest absolute Gasteiger partial charge is 0.266 e. The highest BCUT2D eigenvalue weighted by Crippen LogP contribution is 2.43. The second-order valence-electron chi connectivity index (χ2n) is 6.11. The third-order valence-corrected chi connectivity index (χ3v) is 4.63. The molecular weight excluding hydrogens is 333 g/mol.